The van der Waals surface area contributed by atoms with Crippen LogP contribution in [0, 0.1) is 5.92 Å². The van der Waals surface area contributed by atoms with Crippen molar-refractivity contribution in [3.05, 3.63) is 35.4 Å². The summed E-state index contributed by atoms with van der Waals surface area (Å²) in [5, 5.41) is 2.99. The van der Waals surface area contributed by atoms with Gasteiger partial charge in [0.15, 0.2) is 0 Å². The summed E-state index contributed by atoms with van der Waals surface area (Å²) in [4.78, 5) is 13.7. The third-order valence-corrected chi connectivity index (χ3v) is 3.83. The summed E-state index contributed by atoms with van der Waals surface area (Å²) in [6.07, 6.45) is 2.52. The van der Waals surface area contributed by atoms with Crippen molar-refractivity contribution in [2.24, 2.45) is 5.92 Å². The Morgan fingerprint density at radius 1 is 1.25 bits per heavy atom. The molecule has 0 atom stereocenters. The molecule has 2 amide bonds. The summed E-state index contributed by atoms with van der Waals surface area (Å²) in [5.41, 5.74) is 2.66. The number of carbonyl (C=O) groups is 1. The number of carbonyl (C=O) groups excluding carboxylic acids is 1. The molecule has 20 heavy (non-hydrogen) atoms. The second-order valence-electron chi connectivity index (χ2n) is 6.93. The molecule has 3 nitrogen and oxygen atoms in total. The second-order valence-corrected chi connectivity index (χ2v) is 6.93. The largest absolute Gasteiger partial charge is 0.338 e. The third-order valence-electron chi connectivity index (χ3n) is 3.83. The average Bonchev–Trinajstić information content (AvgIpc) is 3.19. The van der Waals surface area contributed by atoms with Crippen LogP contribution in [0.4, 0.5) is 4.79 Å². The van der Waals surface area contributed by atoms with Crippen molar-refractivity contribution in [2.75, 3.05) is 13.6 Å². The molecule has 0 saturated heterocycles. The molecule has 3 heteroatoms. The number of benzene rings is 1. The van der Waals surface area contributed by atoms with Gasteiger partial charge in [0.25, 0.3) is 0 Å². The van der Waals surface area contributed by atoms with E-state index in [1.165, 1.54) is 24.0 Å². The van der Waals surface area contributed by atoms with Crippen molar-refractivity contribution in [2.45, 2.75) is 45.6 Å². The quantitative estimate of drug-likeness (QED) is 0.895. The average molecular weight is 274 g/mol. The molecule has 1 aliphatic carbocycles. The van der Waals surface area contributed by atoms with E-state index in [1.807, 2.05) is 7.05 Å². The first-order chi connectivity index (χ1) is 9.36. The summed E-state index contributed by atoms with van der Waals surface area (Å²) in [5.74, 6) is 0.721. The molecule has 0 aromatic heterocycles. The van der Waals surface area contributed by atoms with E-state index in [2.05, 4.69) is 50.4 Å². The number of nitrogens with one attached hydrogen (secondary N) is 1. The summed E-state index contributed by atoms with van der Waals surface area (Å²) in [7, 11) is 1.85. The highest BCUT2D eigenvalue weighted by atomic mass is 16.2. The van der Waals surface area contributed by atoms with Crippen LogP contribution in [-0.2, 0) is 12.0 Å². The zero-order chi connectivity index (χ0) is 14.8. The molecule has 0 heterocycles. The van der Waals surface area contributed by atoms with Crippen LogP contribution in [0.5, 0.6) is 0 Å². The Balaban J connectivity index is 1.86. The van der Waals surface area contributed by atoms with Crippen molar-refractivity contribution in [1.29, 1.82) is 0 Å². The van der Waals surface area contributed by atoms with Gasteiger partial charge in [0.1, 0.15) is 0 Å². The standard InChI is InChI=1S/C17H26N2O/c1-17(2,3)15-9-7-14(8-10-15)12-19(4)16(20)18-11-13-5-6-13/h7-10,13H,5-6,11-12H2,1-4H3,(H,18,20). The van der Waals surface area contributed by atoms with Gasteiger partial charge in [-0.05, 0) is 35.3 Å². The lowest BCUT2D eigenvalue weighted by molar-refractivity contribution is 0.206. The lowest BCUT2D eigenvalue weighted by atomic mass is 9.87. The fourth-order valence-corrected chi connectivity index (χ4v) is 2.14. The Hall–Kier alpha value is -1.51. The lowest BCUT2D eigenvalue weighted by Crippen LogP contribution is -2.37. The normalized spacial score (nSPS) is 15.0. The molecular weight excluding hydrogens is 248 g/mol. The minimum atomic E-state index is 0.0248. The molecule has 0 aliphatic heterocycles. The number of amides is 2. The van der Waals surface area contributed by atoms with Crippen LogP contribution in [0.25, 0.3) is 0 Å². The molecule has 0 radical (unpaired) electrons. The lowest BCUT2D eigenvalue weighted by Gasteiger charge is -2.21. The second kappa shape index (κ2) is 5.86. The molecule has 1 aromatic rings. The highest BCUT2D eigenvalue weighted by Gasteiger charge is 2.22. The van der Waals surface area contributed by atoms with Crippen LogP contribution in [0.1, 0.15) is 44.7 Å². The van der Waals surface area contributed by atoms with Crippen LogP contribution in [-0.4, -0.2) is 24.5 Å². The molecule has 1 aliphatic rings. The summed E-state index contributed by atoms with van der Waals surface area (Å²) in [6.45, 7) is 8.10. The van der Waals surface area contributed by atoms with E-state index in [0.29, 0.717) is 6.54 Å². The van der Waals surface area contributed by atoms with Gasteiger partial charge in [0, 0.05) is 20.1 Å². The topological polar surface area (TPSA) is 32.3 Å². The predicted octanol–water partition coefficient (Wildman–Crippen LogP) is 3.54. The number of nitrogens with zero attached hydrogens (tertiary/aromatic N) is 1. The zero-order valence-corrected chi connectivity index (χ0v) is 13.1. The van der Waals surface area contributed by atoms with Crippen LogP contribution in [0.2, 0.25) is 0 Å². The Labute approximate surface area is 122 Å². The monoisotopic (exact) mass is 274 g/mol. The van der Waals surface area contributed by atoms with Gasteiger partial charge in [0.2, 0.25) is 0 Å². The zero-order valence-electron chi connectivity index (χ0n) is 13.1. The van der Waals surface area contributed by atoms with E-state index >= 15 is 0 Å². The van der Waals surface area contributed by atoms with Crippen molar-refractivity contribution < 1.29 is 4.79 Å². The smallest absolute Gasteiger partial charge is 0.317 e. The van der Waals surface area contributed by atoms with Crippen molar-refractivity contribution >= 4 is 6.03 Å². The summed E-state index contributed by atoms with van der Waals surface area (Å²) < 4.78 is 0. The van der Waals surface area contributed by atoms with E-state index in [1.54, 1.807) is 4.90 Å². The van der Waals surface area contributed by atoms with Gasteiger partial charge < -0.3 is 10.2 Å². The first kappa shape index (κ1) is 14.9. The fourth-order valence-electron chi connectivity index (χ4n) is 2.14. The van der Waals surface area contributed by atoms with Crippen LogP contribution in [0.15, 0.2) is 24.3 Å². The van der Waals surface area contributed by atoms with Gasteiger partial charge in [-0.2, -0.15) is 0 Å². The summed E-state index contributed by atoms with van der Waals surface area (Å²) in [6, 6.07) is 8.57. The highest BCUT2D eigenvalue weighted by molar-refractivity contribution is 5.73. The van der Waals surface area contributed by atoms with Crippen molar-refractivity contribution in [3.63, 3.8) is 0 Å². The van der Waals surface area contributed by atoms with E-state index in [4.69, 9.17) is 0 Å². The molecule has 0 unspecified atom stereocenters. The molecule has 2 rings (SSSR count). The first-order valence-corrected chi connectivity index (χ1v) is 7.44. The first-order valence-electron chi connectivity index (χ1n) is 7.44. The summed E-state index contributed by atoms with van der Waals surface area (Å²) >= 11 is 0. The minimum absolute atomic E-state index is 0.0248. The SMILES string of the molecule is CN(Cc1ccc(C(C)(C)C)cc1)C(=O)NCC1CC1. The van der Waals surface area contributed by atoms with Gasteiger partial charge in [-0.3, -0.25) is 0 Å². The Morgan fingerprint density at radius 3 is 2.35 bits per heavy atom. The Bertz CT molecular complexity index is 455. The molecule has 1 saturated carbocycles. The molecule has 0 bridgehead atoms. The Kier molecular flexibility index (Phi) is 4.36. The van der Waals surface area contributed by atoms with Gasteiger partial charge >= 0.3 is 6.03 Å². The Morgan fingerprint density at radius 2 is 1.85 bits per heavy atom. The molecule has 110 valence electrons. The van der Waals surface area contributed by atoms with E-state index in [-0.39, 0.29) is 11.4 Å². The molecule has 1 aromatic carbocycles. The molecular formula is C17H26N2O. The maximum absolute atomic E-state index is 11.9. The number of hydrogen-bond acceptors (Lipinski definition) is 1. The van der Waals surface area contributed by atoms with Crippen molar-refractivity contribution in [3.8, 4) is 0 Å². The number of urea groups is 1. The van der Waals surface area contributed by atoms with Crippen LogP contribution >= 0.6 is 0 Å². The van der Waals surface area contributed by atoms with Gasteiger partial charge in [-0.1, -0.05) is 45.0 Å². The van der Waals surface area contributed by atoms with Gasteiger partial charge in [0.05, 0.1) is 0 Å². The van der Waals surface area contributed by atoms with E-state index in [9.17, 15) is 4.79 Å². The highest BCUT2D eigenvalue weighted by Crippen LogP contribution is 2.27. The van der Waals surface area contributed by atoms with E-state index < -0.39 is 0 Å². The number of rotatable bonds is 4. The van der Waals surface area contributed by atoms with Crippen LogP contribution in [0.3, 0.4) is 0 Å². The number of hydrogen-bond donors (Lipinski definition) is 1. The van der Waals surface area contributed by atoms with Gasteiger partial charge in [-0.25, -0.2) is 4.79 Å². The maximum atomic E-state index is 11.9. The minimum Gasteiger partial charge on any atom is -0.338 e. The predicted molar refractivity (Wildman–Crippen MR) is 82.7 cm³/mol. The van der Waals surface area contributed by atoms with Gasteiger partial charge in [-0.15, -0.1) is 0 Å². The molecule has 1 N–H and O–H groups in total. The van der Waals surface area contributed by atoms with Crippen molar-refractivity contribution in [1.82, 2.24) is 10.2 Å². The maximum Gasteiger partial charge on any atom is 0.317 e. The fraction of sp³-hybridized carbons (Fsp3) is 0.588. The third kappa shape index (κ3) is 4.26. The van der Waals surface area contributed by atoms with E-state index in [0.717, 1.165) is 12.5 Å². The molecule has 1 fully saturated rings. The molecule has 0 spiro atoms. The van der Waals surface area contributed by atoms with Crippen LogP contribution < -0.4 is 5.32 Å².